The van der Waals surface area contributed by atoms with Crippen LogP contribution >= 0.6 is 33.0 Å². The van der Waals surface area contributed by atoms with Gasteiger partial charge in [-0.3, -0.25) is 0 Å². The predicted octanol–water partition coefficient (Wildman–Crippen LogP) is 1.63. The predicted molar refractivity (Wildman–Crippen MR) is 45.1 cm³/mol. The normalized spacial score (nSPS) is 7.83. The Labute approximate surface area is 54.7 Å². The summed E-state index contributed by atoms with van der Waals surface area (Å²) in [5, 5.41) is 0. The van der Waals surface area contributed by atoms with Crippen molar-refractivity contribution in [3.63, 3.8) is 0 Å². The third-order valence-electron chi connectivity index (χ3n) is 0.267. The third-order valence-corrected chi connectivity index (χ3v) is 2.45. The van der Waals surface area contributed by atoms with Crippen LogP contribution in [0.1, 0.15) is 13.8 Å². The topological polar surface area (TPSA) is 0 Å². The molecule has 0 heterocycles. The Morgan fingerprint density at radius 1 is 1.67 bits per heavy atom. The fourth-order valence-electron chi connectivity index (χ4n) is 0.0976. The maximum absolute atomic E-state index is 3.96. The van der Waals surface area contributed by atoms with Crippen molar-refractivity contribution in [1.29, 1.82) is 0 Å². The summed E-state index contributed by atoms with van der Waals surface area (Å²) < 4.78 is 3.48. The molecule has 0 aromatic heterocycles. The summed E-state index contributed by atoms with van der Waals surface area (Å²) >= 11 is 4.19. The molecule has 0 aliphatic carbocycles. The maximum Gasteiger partial charge on any atom is 0.265 e. The molecule has 6 heavy (non-hydrogen) atoms. The van der Waals surface area contributed by atoms with Gasteiger partial charge in [-0.2, -0.15) is 20.5 Å². The summed E-state index contributed by atoms with van der Waals surface area (Å²) in [4.78, 5) is 0. The Morgan fingerprint density at radius 3 is 2.17 bits per heavy atom. The van der Waals surface area contributed by atoms with Crippen LogP contribution in [0.15, 0.2) is 0 Å². The zero-order chi connectivity index (χ0) is 4.99. The molecule has 1 radical (unpaired) electrons. The molecular weight excluding hydrogens is 206 g/mol. The Balaban J connectivity index is 3.14. The first-order valence-electron chi connectivity index (χ1n) is 1.67. The highest BCUT2D eigenvalue weighted by Gasteiger charge is 1.71. The van der Waals surface area contributed by atoms with E-state index in [-0.39, 0.29) is 20.5 Å². The van der Waals surface area contributed by atoms with Gasteiger partial charge in [-0.15, -0.1) is 0 Å². The standard InChI is InChI=1S/C3H7BIS/c1-3(2)5-4-6/h6H,1-2H3. The van der Waals surface area contributed by atoms with Gasteiger partial charge in [0.2, 0.25) is 0 Å². The van der Waals surface area contributed by atoms with Gasteiger partial charge < -0.3 is 0 Å². The van der Waals surface area contributed by atoms with Crippen molar-refractivity contribution in [3.8, 4) is 0 Å². The van der Waals surface area contributed by atoms with E-state index in [2.05, 4.69) is 26.3 Å². The number of hydrogen-bond donors (Lipinski definition) is 1. The highest BCUT2D eigenvalue weighted by molar-refractivity contribution is 14.2. The van der Waals surface area contributed by atoms with Gasteiger partial charge in [0.25, 0.3) is 4.41 Å². The fourth-order valence-corrected chi connectivity index (χ4v) is 1.96. The summed E-state index contributed by atoms with van der Waals surface area (Å²) in [5.41, 5.74) is 0. The van der Waals surface area contributed by atoms with Crippen molar-refractivity contribution in [2.75, 3.05) is 0 Å². The monoisotopic (exact) mass is 213 g/mol. The van der Waals surface area contributed by atoms with Crippen LogP contribution < -0.4 is 0 Å². The van der Waals surface area contributed by atoms with Gasteiger partial charge in [0.05, 0.1) is 0 Å². The molecule has 0 saturated carbocycles. The lowest BCUT2D eigenvalue weighted by Gasteiger charge is -1.77. The maximum atomic E-state index is 3.96. The Hall–Kier alpha value is 1.01. The minimum Gasteiger partial charge on any atom is -0.220 e. The lowest BCUT2D eigenvalue weighted by atomic mass is 10.6. The minimum absolute atomic E-state index is 0.224. The zero-order valence-electron chi connectivity index (χ0n) is 3.90. The van der Waals surface area contributed by atoms with Gasteiger partial charge in [0.15, 0.2) is 0 Å². The Bertz CT molecular complexity index is 57.8. The quantitative estimate of drug-likeness (QED) is 0.382. The number of thiol groups is 1. The van der Waals surface area contributed by atoms with E-state index in [9.17, 15) is 0 Å². The molecule has 0 spiro atoms. The van der Waals surface area contributed by atoms with Gasteiger partial charge in [-0.05, 0) is 13.8 Å². The van der Waals surface area contributed by atoms with Gasteiger partial charge in [0, 0.05) is 0 Å². The molecule has 0 N–H and O–H groups in total. The first-order valence-corrected chi connectivity index (χ1v) is 4.51. The van der Waals surface area contributed by atoms with Crippen molar-refractivity contribution in [3.05, 3.63) is 0 Å². The molecule has 0 rings (SSSR count). The summed E-state index contributed by atoms with van der Waals surface area (Å²) in [6, 6.07) is 0. The second kappa shape index (κ2) is 4.18. The van der Waals surface area contributed by atoms with Crippen LogP contribution in [0, 0.1) is 0 Å². The molecule has 0 amide bonds. The largest absolute Gasteiger partial charge is 0.265 e. The van der Waals surface area contributed by atoms with E-state index in [0.29, 0.717) is 0 Å². The van der Waals surface area contributed by atoms with Crippen LogP contribution in [0.25, 0.3) is 0 Å². The Morgan fingerprint density at radius 2 is 2.17 bits per heavy atom. The van der Waals surface area contributed by atoms with Crippen LogP contribution in [-0.2, 0) is 0 Å². The van der Waals surface area contributed by atoms with E-state index < -0.39 is 0 Å². The van der Waals surface area contributed by atoms with Gasteiger partial charge in [0.1, 0.15) is 0 Å². The van der Waals surface area contributed by atoms with Gasteiger partial charge >= 0.3 is 0 Å². The minimum atomic E-state index is 0.224. The molecular formula is C3H7BIS. The molecule has 0 bridgehead atoms. The summed E-state index contributed by atoms with van der Waals surface area (Å²) in [5.74, 6) is 0. The van der Waals surface area contributed by atoms with Gasteiger partial charge in [-0.25, -0.2) is 12.5 Å². The fraction of sp³-hybridized carbons (Fsp3) is 0.667. The number of halogens is 1. The first-order chi connectivity index (χ1) is 2.77. The molecule has 35 valence electrons. The van der Waals surface area contributed by atoms with Crippen molar-refractivity contribution in [1.82, 2.24) is 0 Å². The van der Waals surface area contributed by atoms with Crippen molar-refractivity contribution in [2.45, 2.75) is 13.8 Å². The highest BCUT2D eigenvalue weighted by Crippen LogP contribution is 1.96. The average molecular weight is 213 g/mol. The van der Waals surface area contributed by atoms with Gasteiger partial charge in [-0.1, -0.05) is 3.51 Å². The molecule has 0 saturated heterocycles. The second-order valence-corrected chi connectivity index (χ2v) is 5.73. The molecule has 0 aromatic rings. The molecule has 0 unspecified atom stereocenters. The van der Waals surface area contributed by atoms with E-state index in [1.807, 2.05) is 4.41 Å². The van der Waals surface area contributed by atoms with E-state index >= 15 is 0 Å². The smallest absolute Gasteiger partial charge is 0.220 e. The van der Waals surface area contributed by atoms with Crippen molar-refractivity contribution >= 4 is 40.9 Å². The molecule has 0 fully saturated rings. The zero-order valence-corrected chi connectivity index (χ0v) is 6.95. The number of hydrogen-bond acceptors (Lipinski definition) is 1. The lowest BCUT2D eigenvalue weighted by molar-refractivity contribution is 1.86. The molecule has 0 aliphatic heterocycles. The van der Waals surface area contributed by atoms with Crippen LogP contribution in [0.5, 0.6) is 0 Å². The Kier molecular flexibility index (Phi) is 4.89. The van der Waals surface area contributed by atoms with Crippen LogP contribution in [0.2, 0.25) is 0 Å². The number of rotatable bonds is 1. The summed E-state index contributed by atoms with van der Waals surface area (Å²) in [6.45, 7) is 4.28. The average Bonchev–Trinajstić information content (AvgIpc) is 1.35. The highest BCUT2D eigenvalue weighted by atomic mass is 127. The molecule has 0 nitrogen and oxygen atoms in total. The molecule has 0 atom stereocenters. The SMILES string of the molecule is CC(C)=I[B]S. The van der Waals surface area contributed by atoms with E-state index in [1.54, 1.807) is 0 Å². The van der Waals surface area contributed by atoms with E-state index in [4.69, 9.17) is 0 Å². The second-order valence-electron chi connectivity index (χ2n) is 1.08. The first kappa shape index (κ1) is 7.01. The lowest BCUT2D eigenvalue weighted by Crippen LogP contribution is -1.70. The molecule has 0 aromatic carbocycles. The van der Waals surface area contributed by atoms with Crippen LogP contribution in [-0.4, -0.2) is 7.92 Å². The van der Waals surface area contributed by atoms with Crippen LogP contribution in [0.4, 0.5) is 0 Å². The summed E-state index contributed by atoms with van der Waals surface area (Å²) in [6.07, 6.45) is 0. The van der Waals surface area contributed by atoms with Crippen LogP contribution in [0.3, 0.4) is 0 Å². The summed E-state index contributed by atoms with van der Waals surface area (Å²) in [7, 11) is 0. The molecule has 3 heteroatoms. The van der Waals surface area contributed by atoms with Crippen molar-refractivity contribution in [2.24, 2.45) is 0 Å². The van der Waals surface area contributed by atoms with Crippen molar-refractivity contribution < 1.29 is 0 Å². The molecule has 0 aliphatic rings. The third kappa shape index (κ3) is 5.01. The van der Waals surface area contributed by atoms with E-state index in [0.717, 1.165) is 0 Å². The van der Waals surface area contributed by atoms with E-state index in [1.165, 1.54) is 3.51 Å².